The summed E-state index contributed by atoms with van der Waals surface area (Å²) in [7, 11) is 0. The predicted molar refractivity (Wildman–Crippen MR) is 218 cm³/mol. The summed E-state index contributed by atoms with van der Waals surface area (Å²) >= 11 is 1.74. The average molecular weight is 827 g/mol. The molecule has 2 aromatic heterocycles. The molecule has 1 aliphatic carbocycles. The number of alkyl halides is 2. The molecule has 6 heterocycles. The molecule has 16 heteroatoms. The maximum absolute atomic E-state index is 13.7. The van der Waals surface area contributed by atoms with Gasteiger partial charge in [-0.05, 0) is 97.8 Å². The van der Waals surface area contributed by atoms with Crippen molar-refractivity contribution in [2.24, 2.45) is 0 Å². The van der Waals surface area contributed by atoms with E-state index in [2.05, 4.69) is 49.1 Å². The molecule has 1 atom stereocenters. The maximum atomic E-state index is 13.7. The Morgan fingerprint density at radius 1 is 0.932 bits per heavy atom. The smallest absolute Gasteiger partial charge is 0.269 e. The van der Waals surface area contributed by atoms with Crippen molar-refractivity contribution in [2.45, 2.75) is 112 Å². The first-order valence-electron chi connectivity index (χ1n) is 20.7. The quantitative estimate of drug-likeness (QED) is 0.134. The molecule has 1 unspecified atom stereocenters. The Balaban J connectivity index is 0.750. The lowest BCUT2D eigenvalue weighted by Crippen LogP contribution is -2.52. The zero-order chi connectivity index (χ0) is 40.8. The van der Waals surface area contributed by atoms with Gasteiger partial charge < -0.3 is 15.3 Å². The Bertz CT molecular complexity index is 2320. The van der Waals surface area contributed by atoms with Crippen molar-refractivity contribution >= 4 is 46.7 Å². The number of carbonyl (C=O) groups is 3. The fourth-order valence-electron chi connectivity index (χ4n) is 9.44. The van der Waals surface area contributed by atoms with Crippen LogP contribution in [0.1, 0.15) is 109 Å². The minimum absolute atomic E-state index is 0.130. The van der Waals surface area contributed by atoms with Crippen molar-refractivity contribution in [3.05, 3.63) is 92.9 Å². The number of imide groups is 1. The Labute approximate surface area is 344 Å². The minimum Gasteiger partial charge on any atom is -0.385 e. The molecule has 0 spiro atoms. The number of likely N-dealkylation sites (tertiary alicyclic amines) is 1. The van der Waals surface area contributed by atoms with Crippen molar-refractivity contribution in [1.82, 2.24) is 34.0 Å². The molecule has 310 valence electrons. The first kappa shape index (κ1) is 39.7. The lowest BCUT2D eigenvalue weighted by Gasteiger charge is -2.38. The Morgan fingerprint density at radius 3 is 2.39 bits per heavy atom. The molecule has 59 heavy (non-hydrogen) atoms. The van der Waals surface area contributed by atoms with Crippen LogP contribution in [0.2, 0.25) is 0 Å². The number of pyridine rings is 1. The zero-order valence-corrected chi connectivity index (χ0v) is 33.6. The van der Waals surface area contributed by atoms with E-state index in [0.717, 1.165) is 87.3 Å². The van der Waals surface area contributed by atoms with E-state index in [1.807, 2.05) is 12.1 Å². The summed E-state index contributed by atoms with van der Waals surface area (Å²) in [6, 6.07) is 14.7. The monoisotopic (exact) mass is 826 g/mol. The van der Waals surface area contributed by atoms with Crippen molar-refractivity contribution in [2.75, 3.05) is 31.5 Å². The Hall–Kier alpha value is -4.77. The summed E-state index contributed by atoms with van der Waals surface area (Å²) < 4.78 is 31.3. The summed E-state index contributed by atoms with van der Waals surface area (Å²) in [5.74, 6) is -0.556. The van der Waals surface area contributed by atoms with Crippen molar-refractivity contribution in [3.63, 3.8) is 0 Å². The van der Waals surface area contributed by atoms with E-state index in [1.165, 1.54) is 21.1 Å². The number of halogens is 2. The van der Waals surface area contributed by atoms with Gasteiger partial charge in [-0.15, -0.1) is 0 Å². The molecule has 9 rings (SSSR count). The number of amides is 3. The van der Waals surface area contributed by atoms with Crippen LogP contribution in [0, 0.1) is 0 Å². The fourth-order valence-corrected chi connectivity index (χ4v) is 10.4. The van der Waals surface area contributed by atoms with E-state index in [1.54, 1.807) is 24.2 Å². The van der Waals surface area contributed by atoms with E-state index in [-0.39, 0.29) is 36.9 Å². The number of carbonyl (C=O) groups excluding carboxylic acids is 3. The molecule has 2 aromatic carbocycles. The van der Waals surface area contributed by atoms with Gasteiger partial charge in [0, 0.05) is 79.8 Å². The van der Waals surface area contributed by atoms with Gasteiger partial charge in [-0.3, -0.25) is 34.0 Å². The van der Waals surface area contributed by atoms with Gasteiger partial charge in [-0.1, -0.05) is 37.1 Å². The molecule has 0 radical (unpaired) electrons. The van der Waals surface area contributed by atoms with Gasteiger partial charge in [0.25, 0.3) is 17.9 Å². The van der Waals surface area contributed by atoms with Gasteiger partial charge >= 0.3 is 0 Å². The molecule has 4 aliphatic heterocycles. The topological polar surface area (TPSA) is 153 Å². The third-order valence-electron chi connectivity index (χ3n) is 12.8. The van der Waals surface area contributed by atoms with Gasteiger partial charge in [-0.2, -0.15) is 4.98 Å². The standard InChI is InChI=1S/C43H48F2N8O5S/c44-37(45)34-22-27-23-46-42(49-38(27)53(41(34)57)31-3-1-2-4-31)47-30-13-17-51(18-14-30)59-32-8-5-26(6-9-32)24-50-19-15-43(58,16-20-50)29-7-10-33-28(21-29)25-52(40(33)56)35-11-12-36(54)48-39(35)55/h5-10,21-23,30-31,35,37,58H,1-4,11-20,24-25H2,(H,46,47,49)(H,48,54,55). The second-order valence-electron chi connectivity index (χ2n) is 16.6. The van der Waals surface area contributed by atoms with Gasteiger partial charge in [0.1, 0.15) is 11.7 Å². The number of benzene rings is 2. The van der Waals surface area contributed by atoms with Crippen LogP contribution in [-0.4, -0.2) is 89.7 Å². The highest BCUT2D eigenvalue weighted by molar-refractivity contribution is 7.97. The largest absolute Gasteiger partial charge is 0.385 e. The van der Waals surface area contributed by atoms with Crippen molar-refractivity contribution < 1.29 is 28.3 Å². The number of nitrogens with zero attached hydrogens (tertiary/aromatic N) is 6. The number of aliphatic hydroxyl groups is 1. The summed E-state index contributed by atoms with van der Waals surface area (Å²) in [5, 5.41) is 18.0. The van der Waals surface area contributed by atoms with Crippen molar-refractivity contribution in [3.8, 4) is 0 Å². The van der Waals surface area contributed by atoms with Crippen LogP contribution in [-0.2, 0) is 28.3 Å². The summed E-state index contributed by atoms with van der Waals surface area (Å²) in [5.41, 5.74) is 1.58. The van der Waals surface area contributed by atoms with Gasteiger partial charge in [0.05, 0.1) is 11.2 Å². The summed E-state index contributed by atoms with van der Waals surface area (Å²) in [6.45, 7) is 4.22. The molecule has 1 saturated carbocycles. The minimum atomic E-state index is -2.85. The van der Waals surface area contributed by atoms with Crippen LogP contribution < -0.4 is 16.2 Å². The molecule has 0 bridgehead atoms. The summed E-state index contributed by atoms with van der Waals surface area (Å²) in [6.07, 6.45) is 5.56. The maximum Gasteiger partial charge on any atom is 0.269 e. The SMILES string of the molecule is O=C1CCC(N2Cc3cc(C4(O)CCN(Cc5ccc(SN6CCC(Nc7ncc8cc(C(F)F)c(=O)n(C9CCCC9)c8n7)CC6)cc5)CC4)ccc3C2=O)C(=O)N1. The highest BCUT2D eigenvalue weighted by Crippen LogP contribution is 2.38. The Morgan fingerprint density at radius 2 is 1.68 bits per heavy atom. The van der Waals surface area contributed by atoms with Gasteiger partial charge in [-0.25, -0.2) is 18.1 Å². The number of hydrogen-bond donors (Lipinski definition) is 3. The fraction of sp³-hybridized carbons (Fsp3) is 0.488. The number of hydrogen-bond acceptors (Lipinski definition) is 11. The van der Waals surface area contributed by atoms with Crippen molar-refractivity contribution in [1.29, 1.82) is 0 Å². The van der Waals surface area contributed by atoms with Crippen LogP contribution in [0.4, 0.5) is 14.7 Å². The average Bonchev–Trinajstić information content (AvgIpc) is 3.88. The number of rotatable bonds is 10. The van der Waals surface area contributed by atoms with Gasteiger partial charge in [0.15, 0.2) is 0 Å². The molecule has 3 N–H and O–H groups in total. The first-order chi connectivity index (χ1) is 28.5. The highest BCUT2D eigenvalue weighted by atomic mass is 32.2. The number of aromatic nitrogens is 3. The van der Waals surface area contributed by atoms with E-state index in [0.29, 0.717) is 41.8 Å². The second-order valence-corrected chi connectivity index (χ2v) is 17.8. The highest BCUT2D eigenvalue weighted by Gasteiger charge is 2.41. The molecule has 4 aromatic rings. The van der Waals surface area contributed by atoms with E-state index >= 15 is 0 Å². The molecule has 3 amide bonds. The normalized spacial score (nSPS) is 22.1. The number of nitrogens with one attached hydrogen (secondary N) is 2. The van der Waals surface area contributed by atoms with E-state index in [9.17, 15) is 33.1 Å². The second kappa shape index (κ2) is 16.4. The van der Waals surface area contributed by atoms with Crippen LogP contribution in [0.3, 0.4) is 0 Å². The molecule has 4 fully saturated rings. The summed E-state index contributed by atoms with van der Waals surface area (Å²) in [4.78, 5) is 64.5. The molecule has 3 saturated heterocycles. The molecular weight excluding hydrogens is 779 g/mol. The molecule has 13 nitrogen and oxygen atoms in total. The number of piperidine rings is 3. The zero-order valence-electron chi connectivity index (χ0n) is 32.7. The van der Waals surface area contributed by atoms with Crippen LogP contribution in [0.5, 0.6) is 0 Å². The van der Waals surface area contributed by atoms with Crippen LogP contribution >= 0.6 is 11.9 Å². The third kappa shape index (κ3) is 8.11. The lowest BCUT2D eigenvalue weighted by atomic mass is 9.83. The third-order valence-corrected chi connectivity index (χ3v) is 13.9. The van der Waals surface area contributed by atoms with Gasteiger partial charge in [0.2, 0.25) is 17.8 Å². The van der Waals surface area contributed by atoms with E-state index in [4.69, 9.17) is 4.98 Å². The van der Waals surface area contributed by atoms with Crippen LogP contribution in [0.15, 0.2) is 64.4 Å². The predicted octanol–water partition coefficient (Wildman–Crippen LogP) is 5.67. The Kier molecular flexibility index (Phi) is 11.0. The van der Waals surface area contributed by atoms with E-state index < -0.39 is 35.1 Å². The molecule has 5 aliphatic rings. The number of anilines is 1. The van der Waals surface area contributed by atoms with Crippen LogP contribution in [0.25, 0.3) is 11.0 Å². The number of fused-ring (bicyclic) bond motifs is 2. The first-order valence-corrected chi connectivity index (χ1v) is 21.5. The molecular formula is C43H48F2N8O5S. The lowest BCUT2D eigenvalue weighted by molar-refractivity contribution is -0.136.